The quantitative estimate of drug-likeness (QED) is 0.559. The van der Waals surface area contributed by atoms with Gasteiger partial charge in [-0.3, -0.25) is 0 Å². The molecule has 0 saturated heterocycles. The van der Waals surface area contributed by atoms with Gasteiger partial charge in [0, 0.05) is 0 Å². The minimum absolute atomic E-state index is 0.0565. The van der Waals surface area contributed by atoms with Crippen molar-refractivity contribution in [2.24, 2.45) is 0 Å². The fraction of sp³-hybridized carbons (Fsp3) is 1.00. The monoisotopic (exact) mass is 154 g/mol. The van der Waals surface area contributed by atoms with E-state index in [0.717, 1.165) is 5.02 Å². The fourth-order valence-corrected chi connectivity index (χ4v) is 2.21. The molecule has 0 aromatic rings. The summed E-state index contributed by atoms with van der Waals surface area (Å²) in [6.45, 7) is -0.0565. The Kier molecular flexibility index (Phi) is 5.06. The molecule has 0 aliphatic heterocycles. The molecule has 7 heavy (non-hydrogen) atoms. The van der Waals surface area contributed by atoms with Crippen LogP contribution >= 0.6 is 0 Å². The van der Waals surface area contributed by atoms with Gasteiger partial charge in [0.15, 0.2) is 0 Å². The Morgan fingerprint density at radius 3 is 2.43 bits per heavy atom. The van der Waals surface area contributed by atoms with Crippen molar-refractivity contribution in [3.05, 3.63) is 0 Å². The van der Waals surface area contributed by atoms with Crippen LogP contribution in [0.5, 0.6) is 0 Å². The zero-order chi connectivity index (χ0) is 5.70. The van der Waals surface area contributed by atoms with Gasteiger partial charge >= 0.3 is 50.6 Å². The van der Waals surface area contributed by atoms with Gasteiger partial charge in [0.25, 0.3) is 0 Å². The summed E-state index contributed by atoms with van der Waals surface area (Å²) in [6.07, 6.45) is -0.412. The average molecular weight is 156 g/mol. The van der Waals surface area contributed by atoms with Crippen LogP contribution in [-0.2, 0) is 17.1 Å². The van der Waals surface area contributed by atoms with Crippen LogP contribution in [0.4, 0.5) is 0 Å². The summed E-state index contributed by atoms with van der Waals surface area (Å²) >= 11 is -0.400. The SMILES string of the molecule is [CH3][Zn][CH2]C(O)CO. The first-order valence-electron chi connectivity index (χ1n) is 2.60. The Bertz CT molecular complexity index is 40.7. The maximum atomic E-state index is 8.65. The van der Waals surface area contributed by atoms with Gasteiger partial charge in [-0.05, 0) is 0 Å². The van der Waals surface area contributed by atoms with Crippen LogP contribution in [0.1, 0.15) is 0 Å². The van der Waals surface area contributed by atoms with E-state index in [1.807, 2.05) is 0 Å². The van der Waals surface area contributed by atoms with Crippen LogP contribution in [0, 0.1) is 0 Å². The van der Waals surface area contributed by atoms with E-state index in [1.54, 1.807) is 0 Å². The molecule has 0 fully saturated rings. The second-order valence-electron chi connectivity index (χ2n) is 1.63. The van der Waals surface area contributed by atoms with Gasteiger partial charge in [0.05, 0.1) is 0 Å². The molecule has 0 aromatic carbocycles. The summed E-state index contributed by atoms with van der Waals surface area (Å²) in [7, 11) is 0. The van der Waals surface area contributed by atoms with E-state index < -0.39 is 23.2 Å². The molecular weight excluding hydrogens is 145 g/mol. The minimum atomic E-state index is -0.412. The molecule has 0 aromatic heterocycles. The summed E-state index contributed by atoms with van der Waals surface area (Å²) in [5.74, 6) is 0. The van der Waals surface area contributed by atoms with E-state index in [4.69, 9.17) is 10.2 Å². The van der Waals surface area contributed by atoms with Crippen molar-refractivity contribution in [1.29, 1.82) is 0 Å². The van der Waals surface area contributed by atoms with Crippen molar-refractivity contribution in [3.63, 3.8) is 0 Å². The predicted molar refractivity (Wildman–Crippen MR) is 23.8 cm³/mol. The van der Waals surface area contributed by atoms with E-state index in [1.165, 1.54) is 0 Å². The van der Waals surface area contributed by atoms with Gasteiger partial charge in [0.2, 0.25) is 0 Å². The van der Waals surface area contributed by atoms with E-state index in [-0.39, 0.29) is 6.61 Å². The third-order valence-electron chi connectivity index (χ3n) is 0.833. The summed E-state index contributed by atoms with van der Waals surface area (Å²) in [5, 5.41) is 17.8. The average Bonchev–Trinajstić information content (AvgIpc) is 1.68. The van der Waals surface area contributed by atoms with Gasteiger partial charge < -0.3 is 0 Å². The maximum absolute atomic E-state index is 8.65. The second-order valence-corrected chi connectivity index (χ2v) is 4.93. The number of hydrogen-bond donors (Lipinski definition) is 2. The Labute approximate surface area is 51.1 Å². The van der Waals surface area contributed by atoms with Gasteiger partial charge in [-0.15, -0.1) is 0 Å². The van der Waals surface area contributed by atoms with Crippen LogP contribution in [0.2, 0.25) is 10.5 Å². The molecule has 0 amide bonds. The molecule has 0 saturated carbocycles. The molecular formula is C4H10O2Zn. The van der Waals surface area contributed by atoms with Crippen LogP contribution in [0.15, 0.2) is 0 Å². The van der Waals surface area contributed by atoms with Crippen LogP contribution in [-0.4, -0.2) is 22.9 Å². The van der Waals surface area contributed by atoms with Gasteiger partial charge in [0.1, 0.15) is 0 Å². The molecule has 2 N–H and O–H groups in total. The molecule has 0 heterocycles. The molecule has 0 spiro atoms. The molecule has 0 radical (unpaired) electrons. The summed E-state index contributed by atoms with van der Waals surface area (Å²) in [5.41, 5.74) is 2.16. The first kappa shape index (κ1) is 7.54. The van der Waals surface area contributed by atoms with Crippen molar-refractivity contribution in [2.45, 2.75) is 16.6 Å². The fourth-order valence-electron chi connectivity index (χ4n) is 0.425. The molecule has 40 valence electrons. The first-order chi connectivity index (χ1) is 3.31. The number of aliphatic hydroxyl groups is 2. The summed E-state index contributed by atoms with van der Waals surface area (Å²) in [6, 6.07) is 0. The molecule has 2 nitrogen and oxygen atoms in total. The van der Waals surface area contributed by atoms with E-state index in [2.05, 4.69) is 5.52 Å². The van der Waals surface area contributed by atoms with E-state index in [0.29, 0.717) is 0 Å². The zero-order valence-corrected chi connectivity index (χ0v) is 7.56. The number of aliphatic hydroxyl groups excluding tert-OH is 2. The molecule has 0 bridgehead atoms. The normalized spacial score (nSPS) is 13.0. The molecule has 1 atom stereocenters. The van der Waals surface area contributed by atoms with Gasteiger partial charge in [-0.1, -0.05) is 0 Å². The molecule has 0 rings (SSSR count). The number of rotatable bonds is 3. The summed E-state index contributed by atoms with van der Waals surface area (Å²) in [4.78, 5) is 0. The Morgan fingerprint density at radius 1 is 1.71 bits per heavy atom. The third-order valence-corrected chi connectivity index (χ3v) is 3.44. The number of hydrogen-bond acceptors (Lipinski definition) is 2. The topological polar surface area (TPSA) is 40.5 Å². The Hall–Kier alpha value is 0.543. The molecule has 3 heteroatoms. The van der Waals surface area contributed by atoms with Gasteiger partial charge in [-0.2, -0.15) is 0 Å². The van der Waals surface area contributed by atoms with Crippen LogP contribution in [0.3, 0.4) is 0 Å². The van der Waals surface area contributed by atoms with Crippen molar-refractivity contribution < 1.29 is 27.3 Å². The van der Waals surface area contributed by atoms with Crippen molar-refractivity contribution in [1.82, 2.24) is 0 Å². The van der Waals surface area contributed by atoms with Crippen LogP contribution < -0.4 is 0 Å². The first-order valence-corrected chi connectivity index (χ1v) is 7.66. The summed E-state index contributed by atoms with van der Waals surface area (Å²) < 4.78 is 0. The zero-order valence-electron chi connectivity index (χ0n) is 4.59. The van der Waals surface area contributed by atoms with E-state index >= 15 is 0 Å². The standard InChI is InChI=1S/C3H7O2.CH3.Zn/c1-3(5)2-4;;/h3-5H,1-2H2;1H3;. The van der Waals surface area contributed by atoms with Crippen molar-refractivity contribution in [3.8, 4) is 0 Å². The molecule has 0 aliphatic carbocycles. The van der Waals surface area contributed by atoms with Crippen molar-refractivity contribution in [2.75, 3.05) is 6.61 Å². The predicted octanol–water partition coefficient (Wildman–Crippen LogP) is -0.112. The third kappa shape index (κ3) is 4.40. The van der Waals surface area contributed by atoms with Crippen molar-refractivity contribution >= 4 is 0 Å². The molecule has 0 aliphatic rings. The molecule has 1 unspecified atom stereocenters. The van der Waals surface area contributed by atoms with E-state index in [9.17, 15) is 0 Å². The van der Waals surface area contributed by atoms with Gasteiger partial charge in [-0.25, -0.2) is 0 Å². The Morgan fingerprint density at radius 2 is 2.29 bits per heavy atom. The second kappa shape index (κ2) is 4.70. The Balaban J connectivity index is 2.83. The van der Waals surface area contributed by atoms with Crippen LogP contribution in [0.25, 0.3) is 0 Å².